The molecule has 0 N–H and O–H groups in total. The number of unbranched alkanes of at least 4 members (excludes halogenated alkanes) is 3. The summed E-state index contributed by atoms with van der Waals surface area (Å²) in [7, 11) is 0. The Morgan fingerprint density at radius 2 is 0.780 bits per heavy atom. The average molecular weight is 1120 g/mol. The Morgan fingerprint density at radius 3 is 1.18 bits per heavy atom. The highest BCUT2D eigenvalue weighted by Gasteiger charge is 2.61. The molecule has 82 heavy (non-hydrogen) atoms. The normalized spacial score (nSPS) is 25.3. The Morgan fingerprint density at radius 1 is 0.402 bits per heavy atom. The van der Waals surface area contributed by atoms with E-state index < -0.39 is 40.5 Å². The fourth-order valence-electron chi connectivity index (χ4n) is 17.7. The first-order valence-corrected chi connectivity index (χ1v) is 32.7. The SMILES string of the molecule is CCCCCC1CCC(C(C(Cc2ccc(C#N)cc2F)C2CCC(CC)CC2)C(c2ccc(C#N)cc2F)(C(Cc2ccc(C#N)cc2F)C2CCC(CCC)CC2)C(Cc2ccc(C#N)cc2F)C2CCC(CCCC)CC2)CC1. The van der Waals surface area contributed by atoms with Crippen molar-refractivity contribution in [1.29, 1.82) is 21.0 Å². The molecule has 4 saturated carbocycles. The minimum absolute atomic E-state index is 0.0104. The summed E-state index contributed by atoms with van der Waals surface area (Å²) in [5.74, 6) is -0.815. The molecule has 438 valence electrons. The van der Waals surface area contributed by atoms with E-state index in [1.54, 1.807) is 36.4 Å². The quantitative estimate of drug-likeness (QED) is 0.0488. The molecule has 4 fully saturated rings. The first kappa shape index (κ1) is 62.6. The molecule has 4 aromatic rings. The molecule has 0 radical (unpaired) electrons. The second-order valence-electron chi connectivity index (χ2n) is 26.5. The van der Waals surface area contributed by atoms with Gasteiger partial charge in [0, 0.05) is 5.41 Å². The predicted molar refractivity (Wildman–Crippen MR) is 322 cm³/mol. The minimum Gasteiger partial charge on any atom is -0.207 e. The first-order chi connectivity index (χ1) is 39.9. The van der Waals surface area contributed by atoms with Crippen molar-refractivity contribution in [3.05, 3.63) is 141 Å². The standard InChI is InChI=1S/C74H94F4N4/c1-5-9-11-14-53-21-33-61(34-22-53)73(65(58-27-15-50(8-4)16-28-58)43-62-35-23-54(46-79)39-69(62)75)74(66-38-26-57(49-82)42-72(66)78,67(59-29-17-51(12-7-3)18-30-59)44-63-36-24-55(47-80)40-70(63)76)68(45-64-37-25-56(48-81)41-71(64)77)60-31-19-52(20-32-60)13-10-6-2/h23-26,35-42,50-53,58-61,65,67-68,73H,5-22,27-34,43-45H2,1-4H3. The molecule has 8 rings (SSSR count). The molecule has 5 atom stereocenters. The lowest BCUT2D eigenvalue weighted by Crippen LogP contribution is -2.60. The van der Waals surface area contributed by atoms with Crippen LogP contribution in [-0.4, -0.2) is 0 Å². The van der Waals surface area contributed by atoms with Crippen LogP contribution in [0, 0.1) is 140 Å². The van der Waals surface area contributed by atoms with E-state index in [0.29, 0.717) is 52.3 Å². The summed E-state index contributed by atoms with van der Waals surface area (Å²) in [5.41, 5.74) is 1.85. The lowest BCUT2D eigenvalue weighted by Gasteiger charge is -2.62. The van der Waals surface area contributed by atoms with E-state index in [2.05, 4.69) is 52.0 Å². The van der Waals surface area contributed by atoms with Gasteiger partial charge in [-0.15, -0.1) is 0 Å². The van der Waals surface area contributed by atoms with Crippen LogP contribution < -0.4 is 0 Å². The van der Waals surface area contributed by atoms with Gasteiger partial charge in [-0.3, -0.25) is 0 Å². The van der Waals surface area contributed by atoms with Crippen LogP contribution in [0.1, 0.15) is 239 Å². The summed E-state index contributed by atoms with van der Waals surface area (Å²) >= 11 is 0. The maximum atomic E-state index is 19.3. The van der Waals surface area contributed by atoms with Crippen LogP contribution in [-0.2, 0) is 24.7 Å². The monoisotopic (exact) mass is 1110 g/mol. The van der Waals surface area contributed by atoms with E-state index in [1.807, 2.05) is 12.1 Å². The maximum absolute atomic E-state index is 19.3. The molecule has 0 amide bonds. The van der Waals surface area contributed by atoms with Gasteiger partial charge in [0.25, 0.3) is 0 Å². The molecule has 0 bridgehead atoms. The van der Waals surface area contributed by atoms with Gasteiger partial charge in [0.05, 0.1) is 46.5 Å². The molecule has 0 spiro atoms. The topological polar surface area (TPSA) is 95.2 Å². The zero-order chi connectivity index (χ0) is 58.2. The molecule has 0 saturated heterocycles. The number of benzene rings is 4. The zero-order valence-corrected chi connectivity index (χ0v) is 50.2. The van der Waals surface area contributed by atoms with Gasteiger partial charge >= 0.3 is 0 Å². The summed E-state index contributed by atoms with van der Waals surface area (Å²) in [5, 5.41) is 41.0. The highest BCUT2D eigenvalue weighted by Crippen LogP contribution is 2.65. The molecule has 5 unspecified atom stereocenters. The van der Waals surface area contributed by atoms with E-state index >= 15 is 17.6 Å². The Labute approximate surface area is 491 Å². The van der Waals surface area contributed by atoms with Crippen LogP contribution in [0.2, 0.25) is 0 Å². The van der Waals surface area contributed by atoms with Gasteiger partial charge in [-0.2, -0.15) is 21.0 Å². The fourth-order valence-corrected chi connectivity index (χ4v) is 17.7. The Balaban J connectivity index is 1.53. The highest BCUT2D eigenvalue weighted by molar-refractivity contribution is 5.43. The Hall–Kier alpha value is -5.44. The molecular weight excluding hydrogens is 1020 g/mol. The van der Waals surface area contributed by atoms with Crippen molar-refractivity contribution in [2.45, 2.75) is 219 Å². The summed E-state index contributed by atoms with van der Waals surface area (Å²) < 4.78 is 71.6. The van der Waals surface area contributed by atoms with Crippen molar-refractivity contribution in [2.24, 2.45) is 71.0 Å². The molecule has 0 heterocycles. The van der Waals surface area contributed by atoms with E-state index in [4.69, 9.17) is 0 Å². The highest BCUT2D eigenvalue weighted by atomic mass is 19.1. The van der Waals surface area contributed by atoms with E-state index in [9.17, 15) is 21.0 Å². The van der Waals surface area contributed by atoms with Crippen molar-refractivity contribution in [3.63, 3.8) is 0 Å². The van der Waals surface area contributed by atoms with Crippen LogP contribution in [0.5, 0.6) is 0 Å². The second-order valence-corrected chi connectivity index (χ2v) is 26.5. The number of nitrogens with zero attached hydrogens (tertiary/aromatic N) is 4. The number of halogens is 4. The molecule has 4 nitrogen and oxygen atoms in total. The summed E-state index contributed by atoms with van der Waals surface area (Å²) in [4.78, 5) is 0. The van der Waals surface area contributed by atoms with E-state index in [1.165, 1.54) is 37.1 Å². The van der Waals surface area contributed by atoms with Gasteiger partial charge in [-0.1, -0.05) is 168 Å². The maximum Gasteiger partial charge on any atom is 0.128 e. The third-order valence-corrected chi connectivity index (χ3v) is 22.0. The zero-order valence-electron chi connectivity index (χ0n) is 50.2. The third kappa shape index (κ3) is 14.9. The van der Waals surface area contributed by atoms with Gasteiger partial charge in [0.2, 0.25) is 0 Å². The third-order valence-electron chi connectivity index (χ3n) is 22.0. The predicted octanol–water partition coefficient (Wildman–Crippen LogP) is 20.4. The summed E-state index contributed by atoms with van der Waals surface area (Å²) in [6, 6.07) is 28.7. The van der Waals surface area contributed by atoms with Gasteiger partial charge in [-0.25, -0.2) is 17.6 Å². The van der Waals surface area contributed by atoms with Crippen LogP contribution in [0.15, 0.2) is 72.8 Å². The lowest BCUT2D eigenvalue weighted by atomic mass is 9.41. The van der Waals surface area contributed by atoms with Crippen molar-refractivity contribution in [2.75, 3.05) is 0 Å². The minimum atomic E-state index is -1.16. The molecule has 4 aromatic carbocycles. The molecule has 0 aromatic heterocycles. The Bertz CT molecular complexity index is 2850. The van der Waals surface area contributed by atoms with Crippen molar-refractivity contribution < 1.29 is 17.6 Å². The van der Waals surface area contributed by atoms with Gasteiger partial charge in [-0.05, 0) is 212 Å². The van der Waals surface area contributed by atoms with Gasteiger partial charge < -0.3 is 0 Å². The van der Waals surface area contributed by atoms with Crippen molar-refractivity contribution >= 4 is 0 Å². The smallest absolute Gasteiger partial charge is 0.128 e. The summed E-state index contributed by atoms with van der Waals surface area (Å²) in [6.07, 6.45) is 27.4. The molecule has 8 heteroatoms. The fraction of sp³-hybridized carbons (Fsp3) is 0.622. The largest absolute Gasteiger partial charge is 0.207 e. The van der Waals surface area contributed by atoms with Gasteiger partial charge in [0.1, 0.15) is 23.3 Å². The molecule has 4 aliphatic carbocycles. The number of rotatable bonds is 25. The lowest BCUT2D eigenvalue weighted by molar-refractivity contribution is -0.0759. The molecule has 4 aliphatic rings. The number of hydrogen-bond acceptors (Lipinski definition) is 4. The van der Waals surface area contributed by atoms with Crippen LogP contribution in [0.4, 0.5) is 17.6 Å². The van der Waals surface area contributed by atoms with Crippen molar-refractivity contribution in [1.82, 2.24) is 0 Å². The van der Waals surface area contributed by atoms with Gasteiger partial charge in [0.15, 0.2) is 0 Å². The van der Waals surface area contributed by atoms with Crippen LogP contribution in [0.3, 0.4) is 0 Å². The number of hydrogen-bond donors (Lipinski definition) is 0. The number of nitriles is 4. The summed E-state index contributed by atoms with van der Waals surface area (Å²) in [6.45, 7) is 9.02. The van der Waals surface area contributed by atoms with E-state index in [0.717, 1.165) is 154 Å². The van der Waals surface area contributed by atoms with Crippen molar-refractivity contribution in [3.8, 4) is 24.3 Å². The van der Waals surface area contributed by atoms with Crippen LogP contribution >= 0.6 is 0 Å². The second kappa shape index (κ2) is 30.4. The molecular formula is C74H94F4N4. The Kier molecular flexibility index (Phi) is 23.2. The molecule has 0 aliphatic heterocycles. The van der Waals surface area contributed by atoms with Crippen LogP contribution in [0.25, 0.3) is 0 Å². The average Bonchev–Trinajstić information content (AvgIpc) is 1.16. The first-order valence-electron chi connectivity index (χ1n) is 32.7. The van der Waals surface area contributed by atoms with E-state index in [-0.39, 0.29) is 70.6 Å².